The van der Waals surface area contributed by atoms with E-state index in [2.05, 4.69) is 0 Å². The van der Waals surface area contributed by atoms with E-state index in [1.165, 1.54) is 10.8 Å². The highest BCUT2D eigenvalue weighted by Gasteiger charge is 2.11. The first kappa shape index (κ1) is 12.3. The van der Waals surface area contributed by atoms with E-state index in [4.69, 9.17) is 5.11 Å². The van der Waals surface area contributed by atoms with Gasteiger partial charge in [-0.15, -0.1) is 0 Å². The fourth-order valence-electron chi connectivity index (χ4n) is 1.43. The molecule has 1 aromatic rings. The van der Waals surface area contributed by atoms with E-state index in [9.17, 15) is 14.7 Å². The van der Waals surface area contributed by atoms with Gasteiger partial charge >= 0.3 is 5.97 Å². The third-order valence-corrected chi connectivity index (χ3v) is 2.34. The zero-order valence-electron chi connectivity index (χ0n) is 9.14. The van der Waals surface area contributed by atoms with Gasteiger partial charge in [0.15, 0.2) is 0 Å². The number of carbonyl (C=O) groups is 1. The summed E-state index contributed by atoms with van der Waals surface area (Å²) in [5, 5.41) is 18.0. The molecule has 1 heterocycles. The first-order valence-corrected chi connectivity index (χ1v) is 5.23. The zero-order chi connectivity index (χ0) is 12.1. The molecular formula is C11H15NO4. The minimum Gasteiger partial charge on any atom is -0.507 e. The largest absolute Gasteiger partial charge is 0.507 e. The molecule has 0 saturated carbocycles. The van der Waals surface area contributed by atoms with Gasteiger partial charge in [-0.1, -0.05) is 19.8 Å². The summed E-state index contributed by atoms with van der Waals surface area (Å²) in [6.45, 7) is 2.52. The van der Waals surface area contributed by atoms with Crippen molar-refractivity contribution in [3.63, 3.8) is 0 Å². The Bertz CT molecular complexity index is 436. The second-order valence-corrected chi connectivity index (χ2v) is 3.62. The van der Waals surface area contributed by atoms with Crippen molar-refractivity contribution in [3.05, 3.63) is 28.2 Å². The fourth-order valence-corrected chi connectivity index (χ4v) is 1.43. The summed E-state index contributed by atoms with van der Waals surface area (Å²) in [5.41, 5.74) is -0.616. The molecule has 5 nitrogen and oxygen atoms in total. The Hall–Kier alpha value is -1.78. The molecule has 0 spiro atoms. The molecule has 0 radical (unpaired) electrons. The number of aryl methyl sites for hydroxylation is 1. The van der Waals surface area contributed by atoms with Crippen LogP contribution >= 0.6 is 0 Å². The lowest BCUT2D eigenvalue weighted by Crippen LogP contribution is -2.20. The van der Waals surface area contributed by atoms with Gasteiger partial charge in [0.25, 0.3) is 5.56 Å². The molecule has 0 atom stereocenters. The van der Waals surface area contributed by atoms with Gasteiger partial charge in [0.1, 0.15) is 11.3 Å². The Morgan fingerprint density at radius 1 is 1.44 bits per heavy atom. The monoisotopic (exact) mass is 225 g/mol. The quantitative estimate of drug-likeness (QED) is 0.743. The average Bonchev–Trinajstić information content (AvgIpc) is 2.21. The molecule has 1 rings (SSSR count). The summed E-state index contributed by atoms with van der Waals surface area (Å²) >= 11 is 0. The molecule has 1 aromatic heterocycles. The molecule has 16 heavy (non-hydrogen) atoms. The Labute approximate surface area is 93.0 Å². The van der Waals surface area contributed by atoms with Crippen molar-refractivity contribution < 1.29 is 15.0 Å². The first-order chi connectivity index (χ1) is 7.56. The Morgan fingerprint density at radius 2 is 2.12 bits per heavy atom. The molecule has 0 fully saturated rings. The van der Waals surface area contributed by atoms with Gasteiger partial charge in [-0.3, -0.25) is 4.79 Å². The highest BCUT2D eigenvalue weighted by molar-refractivity contribution is 5.90. The second-order valence-electron chi connectivity index (χ2n) is 3.62. The number of rotatable bonds is 5. The van der Waals surface area contributed by atoms with Crippen molar-refractivity contribution in [3.8, 4) is 5.75 Å². The lowest BCUT2D eigenvalue weighted by atomic mass is 10.2. The molecule has 0 aliphatic heterocycles. The van der Waals surface area contributed by atoms with Gasteiger partial charge in [-0.05, 0) is 6.42 Å². The summed E-state index contributed by atoms with van der Waals surface area (Å²) in [7, 11) is 0. The van der Waals surface area contributed by atoms with Crippen LogP contribution in [0.1, 0.15) is 36.5 Å². The third kappa shape index (κ3) is 2.85. The first-order valence-electron chi connectivity index (χ1n) is 5.23. The summed E-state index contributed by atoms with van der Waals surface area (Å²) < 4.78 is 1.32. The van der Waals surface area contributed by atoms with E-state index >= 15 is 0 Å². The number of aromatic hydroxyl groups is 1. The highest BCUT2D eigenvalue weighted by atomic mass is 16.4. The summed E-state index contributed by atoms with van der Waals surface area (Å²) in [5.74, 6) is -1.72. The second kappa shape index (κ2) is 5.34. The van der Waals surface area contributed by atoms with E-state index in [0.717, 1.165) is 25.3 Å². The van der Waals surface area contributed by atoms with Crippen molar-refractivity contribution in [2.24, 2.45) is 0 Å². The van der Waals surface area contributed by atoms with Crippen LogP contribution in [0, 0.1) is 0 Å². The van der Waals surface area contributed by atoms with Crippen LogP contribution in [-0.2, 0) is 6.54 Å². The minimum absolute atomic E-state index is 0.240. The number of unbranched alkanes of at least 4 members (excludes halogenated alkanes) is 2. The van der Waals surface area contributed by atoms with Crippen LogP contribution in [0.2, 0.25) is 0 Å². The molecule has 0 aliphatic carbocycles. The normalized spacial score (nSPS) is 10.3. The maximum absolute atomic E-state index is 11.4. The molecule has 0 bridgehead atoms. The fraction of sp³-hybridized carbons (Fsp3) is 0.455. The number of hydrogen-bond acceptors (Lipinski definition) is 3. The standard InChI is InChI=1S/C11H15NO4/c1-2-3-4-5-12-7-8(11(15)16)9(13)6-10(12)14/h6-7,13H,2-5H2,1H3,(H,15,16). The number of aromatic carboxylic acids is 1. The maximum Gasteiger partial charge on any atom is 0.340 e. The van der Waals surface area contributed by atoms with Crippen molar-refractivity contribution in [1.82, 2.24) is 4.57 Å². The zero-order valence-corrected chi connectivity index (χ0v) is 9.14. The van der Waals surface area contributed by atoms with Crippen molar-refractivity contribution in [2.75, 3.05) is 0 Å². The number of nitrogens with zero attached hydrogens (tertiary/aromatic N) is 1. The van der Waals surface area contributed by atoms with Gasteiger partial charge in [0, 0.05) is 18.8 Å². The van der Waals surface area contributed by atoms with Crippen molar-refractivity contribution >= 4 is 5.97 Å². The van der Waals surface area contributed by atoms with E-state index in [1.54, 1.807) is 0 Å². The molecule has 5 heteroatoms. The molecule has 0 amide bonds. The Kier molecular flexibility index (Phi) is 4.10. The maximum atomic E-state index is 11.4. The van der Waals surface area contributed by atoms with Gasteiger partial charge in [-0.25, -0.2) is 4.79 Å². The predicted octanol–water partition coefficient (Wildman–Crippen LogP) is 1.44. The van der Waals surface area contributed by atoms with Gasteiger partial charge < -0.3 is 14.8 Å². The topological polar surface area (TPSA) is 79.5 Å². The summed E-state index contributed by atoms with van der Waals surface area (Å²) in [4.78, 5) is 22.2. The molecule has 2 N–H and O–H groups in total. The van der Waals surface area contributed by atoms with Crippen LogP contribution < -0.4 is 5.56 Å². The SMILES string of the molecule is CCCCCn1cc(C(=O)O)c(O)cc1=O. The van der Waals surface area contributed by atoms with Crippen LogP contribution in [0.25, 0.3) is 0 Å². The summed E-state index contributed by atoms with van der Waals surface area (Å²) in [6.07, 6.45) is 4.02. The molecule has 0 aliphatic rings. The number of hydrogen-bond donors (Lipinski definition) is 2. The van der Waals surface area contributed by atoms with Crippen LogP contribution in [0.5, 0.6) is 5.75 Å². The van der Waals surface area contributed by atoms with Crippen LogP contribution in [-0.4, -0.2) is 20.7 Å². The van der Waals surface area contributed by atoms with Gasteiger partial charge in [-0.2, -0.15) is 0 Å². The predicted molar refractivity (Wildman–Crippen MR) is 58.9 cm³/mol. The van der Waals surface area contributed by atoms with E-state index in [1.807, 2.05) is 6.92 Å². The lowest BCUT2D eigenvalue weighted by Gasteiger charge is -2.07. The van der Waals surface area contributed by atoms with Crippen molar-refractivity contribution in [1.29, 1.82) is 0 Å². The number of carboxylic acid groups (broad SMARTS) is 1. The van der Waals surface area contributed by atoms with Crippen LogP contribution in [0.3, 0.4) is 0 Å². The van der Waals surface area contributed by atoms with Gasteiger partial charge in [0.05, 0.1) is 0 Å². The Balaban J connectivity index is 2.96. The summed E-state index contributed by atoms with van der Waals surface area (Å²) in [6, 6.07) is 0.940. The number of carboxylic acids is 1. The molecule has 88 valence electrons. The third-order valence-electron chi connectivity index (χ3n) is 2.34. The number of pyridine rings is 1. The van der Waals surface area contributed by atoms with Crippen LogP contribution in [0.4, 0.5) is 0 Å². The molecule has 0 aromatic carbocycles. The average molecular weight is 225 g/mol. The van der Waals surface area contributed by atoms with E-state index < -0.39 is 11.7 Å². The van der Waals surface area contributed by atoms with Crippen LogP contribution in [0.15, 0.2) is 17.1 Å². The minimum atomic E-state index is -1.23. The smallest absolute Gasteiger partial charge is 0.340 e. The lowest BCUT2D eigenvalue weighted by molar-refractivity contribution is 0.0692. The highest BCUT2D eigenvalue weighted by Crippen LogP contribution is 2.13. The van der Waals surface area contributed by atoms with Gasteiger partial charge in [0.2, 0.25) is 0 Å². The van der Waals surface area contributed by atoms with E-state index in [0.29, 0.717) is 6.54 Å². The van der Waals surface area contributed by atoms with E-state index in [-0.39, 0.29) is 11.1 Å². The Morgan fingerprint density at radius 3 is 2.69 bits per heavy atom. The molecule has 0 unspecified atom stereocenters. The molecular weight excluding hydrogens is 210 g/mol. The van der Waals surface area contributed by atoms with Crippen molar-refractivity contribution in [2.45, 2.75) is 32.7 Å². The molecule has 0 saturated heterocycles. The number of aromatic nitrogens is 1.